The van der Waals surface area contributed by atoms with Crippen LogP contribution in [0, 0.1) is 0 Å². The van der Waals surface area contributed by atoms with Crippen molar-refractivity contribution in [2.45, 2.75) is 13.3 Å². The van der Waals surface area contributed by atoms with Gasteiger partial charge in [0, 0.05) is 11.6 Å². The maximum absolute atomic E-state index is 11.3. The molecule has 94 valence electrons. The number of rotatable bonds is 4. The van der Waals surface area contributed by atoms with E-state index in [0.29, 0.717) is 12.3 Å². The number of nitrogens with one attached hydrogen (secondary N) is 1. The zero-order valence-electron chi connectivity index (χ0n) is 10.1. The van der Waals surface area contributed by atoms with Crippen molar-refractivity contribution in [1.82, 2.24) is 9.97 Å². The van der Waals surface area contributed by atoms with Crippen LogP contribution in [-0.2, 0) is 0 Å². The van der Waals surface area contributed by atoms with E-state index in [1.165, 1.54) is 6.07 Å². The largest absolute Gasteiger partial charge is 0.494 e. The summed E-state index contributed by atoms with van der Waals surface area (Å²) in [7, 11) is 0. The van der Waals surface area contributed by atoms with Gasteiger partial charge < -0.3 is 10.5 Å². The predicted molar refractivity (Wildman–Crippen MR) is 70.5 cm³/mol. The summed E-state index contributed by atoms with van der Waals surface area (Å²) < 4.78 is 5.53. The third-order valence-corrected chi connectivity index (χ3v) is 2.36. The number of nitrogens with two attached hydrogens (primary N) is 1. The molecule has 0 spiro atoms. The first-order valence-corrected chi connectivity index (χ1v) is 5.79. The van der Waals surface area contributed by atoms with Gasteiger partial charge in [-0.15, -0.1) is 0 Å². The topological polar surface area (TPSA) is 81.0 Å². The Hall–Kier alpha value is -2.30. The highest BCUT2D eigenvalue weighted by Gasteiger charge is 2.03. The van der Waals surface area contributed by atoms with Crippen LogP contribution in [-0.4, -0.2) is 16.6 Å². The fourth-order valence-electron chi connectivity index (χ4n) is 1.59. The molecule has 1 aromatic heterocycles. The van der Waals surface area contributed by atoms with Crippen molar-refractivity contribution >= 4 is 5.95 Å². The quantitative estimate of drug-likeness (QED) is 0.860. The molecule has 0 aliphatic rings. The maximum Gasteiger partial charge on any atom is 0.252 e. The van der Waals surface area contributed by atoms with Crippen LogP contribution >= 0.6 is 0 Å². The van der Waals surface area contributed by atoms with E-state index < -0.39 is 0 Å². The summed E-state index contributed by atoms with van der Waals surface area (Å²) in [4.78, 5) is 17.8. The summed E-state index contributed by atoms with van der Waals surface area (Å²) >= 11 is 0. The van der Waals surface area contributed by atoms with Crippen LogP contribution in [0.25, 0.3) is 11.3 Å². The van der Waals surface area contributed by atoms with E-state index in [2.05, 4.69) is 9.97 Å². The lowest BCUT2D eigenvalue weighted by Crippen LogP contribution is -2.10. The molecule has 0 amide bonds. The van der Waals surface area contributed by atoms with Gasteiger partial charge in [0.15, 0.2) is 0 Å². The summed E-state index contributed by atoms with van der Waals surface area (Å²) in [5.74, 6) is 0.868. The summed E-state index contributed by atoms with van der Waals surface area (Å²) in [6, 6.07) is 8.85. The Kier molecular flexibility index (Phi) is 3.62. The number of benzene rings is 1. The molecule has 5 heteroatoms. The Morgan fingerprint density at radius 3 is 2.94 bits per heavy atom. The molecule has 0 bridgehead atoms. The highest BCUT2D eigenvalue weighted by atomic mass is 16.5. The first-order valence-electron chi connectivity index (χ1n) is 5.79. The molecule has 0 radical (unpaired) electrons. The average Bonchev–Trinajstić information content (AvgIpc) is 2.35. The maximum atomic E-state index is 11.3. The number of aromatic nitrogens is 2. The molecule has 3 N–H and O–H groups in total. The zero-order chi connectivity index (χ0) is 13.0. The lowest BCUT2D eigenvalue weighted by molar-refractivity contribution is 0.317. The minimum absolute atomic E-state index is 0.109. The van der Waals surface area contributed by atoms with Crippen LogP contribution in [0.5, 0.6) is 5.75 Å². The molecule has 18 heavy (non-hydrogen) atoms. The molecular weight excluding hydrogens is 230 g/mol. The van der Waals surface area contributed by atoms with Crippen molar-refractivity contribution < 1.29 is 4.74 Å². The molecular formula is C13H15N3O2. The van der Waals surface area contributed by atoms with Gasteiger partial charge in [0.05, 0.1) is 12.3 Å². The second kappa shape index (κ2) is 5.35. The third-order valence-electron chi connectivity index (χ3n) is 2.36. The second-order valence-electron chi connectivity index (χ2n) is 3.89. The monoisotopic (exact) mass is 245 g/mol. The lowest BCUT2D eigenvalue weighted by atomic mass is 10.1. The van der Waals surface area contributed by atoms with Crippen molar-refractivity contribution in [3.05, 3.63) is 40.7 Å². The first kappa shape index (κ1) is 12.2. The van der Waals surface area contributed by atoms with Crippen LogP contribution in [0.15, 0.2) is 35.1 Å². The zero-order valence-corrected chi connectivity index (χ0v) is 10.1. The van der Waals surface area contributed by atoms with Gasteiger partial charge >= 0.3 is 0 Å². The highest BCUT2D eigenvalue weighted by Crippen LogP contribution is 2.21. The molecule has 0 atom stereocenters. The van der Waals surface area contributed by atoms with Gasteiger partial charge in [-0.1, -0.05) is 19.1 Å². The minimum Gasteiger partial charge on any atom is -0.494 e. The molecule has 5 nitrogen and oxygen atoms in total. The normalized spacial score (nSPS) is 10.3. The van der Waals surface area contributed by atoms with Gasteiger partial charge in [-0.3, -0.25) is 9.78 Å². The summed E-state index contributed by atoms with van der Waals surface area (Å²) in [6.07, 6.45) is 0.945. The van der Waals surface area contributed by atoms with Gasteiger partial charge in [0.25, 0.3) is 5.56 Å². The number of anilines is 1. The Labute approximate surface area is 105 Å². The van der Waals surface area contributed by atoms with Gasteiger partial charge in [-0.2, -0.15) is 0 Å². The van der Waals surface area contributed by atoms with E-state index in [-0.39, 0.29) is 11.5 Å². The molecule has 2 rings (SSSR count). The van der Waals surface area contributed by atoms with Crippen molar-refractivity contribution in [3.8, 4) is 17.0 Å². The van der Waals surface area contributed by atoms with E-state index in [9.17, 15) is 4.79 Å². The molecule has 2 aromatic rings. The van der Waals surface area contributed by atoms with Crippen molar-refractivity contribution in [1.29, 1.82) is 0 Å². The summed E-state index contributed by atoms with van der Waals surface area (Å²) in [5, 5.41) is 0. The number of nitrogen functional groups attached to an aromatic ring is 1. The molecule has 0 unspecified atom stereocenters. The van der Waals surface area contributed by atoms with Crippen LogP contribution in [0.4, 0.5) is 5.95 Å². The Balaban J connectivity index is 2.35. The Morgan fingerprint density at radius 2 is 2.22 bits per heavy atom. The standard InChI is InChI=1S/C13H15N3O2/c1-2-6-18-10-5-3-4-9(7-10)11-8-12(17)16-13(14)15-11/h3-5,7-8H,2,6H2,1H3,(H3,14,15,16,17). The molecule has 1 aromatic carbocycles. The molecule has 0 aliphatic heterocycles. The number of hydrogen-bond donors (Lipinski definition) is 2. The number of H-pyrrole nitrogens is 1. The van der Waals surface area contributed by atoms with Crippen LogP contribution < -0.4 is 16.0 Å². The van der Waals surface area contributed by atoms with Gasteiger partial charge in [0.2, 0.25) is 5.95 Å². The van der Waals surface area contributed by atoms with Gasteiger partial charge in [0.1, 0.15) is 5.75 Å². The van der Waals surface area contributed by atoms with Crippen LogP contribution in [0.1, 0.15) is 13.3 Å². The fraction of sp³-hybridized carbons (Fsp3) is 0.231. The fourth-order valence-corrected chi connectivity index (χ4v) is 1.59. The Bertz CT molecular complexity index is 593. The van der Waals surface area contributed by atoms with E-state index >= 15 is 0 Å². The second-order valence-corrected chi connectivity index (χ2v) is 3.89. The first-order chi connectivity index (χ1) is 8.69. The number of nitrogens with zero attached hydrogens (tertiary/aromatic N) is 1. The average molecular weight is 245 g/mol. The summed E-state index contributed by atoms with van der Waals surface area (Å²) in [5.41, 5.74) is 6.60. The molecule has 0 saturated heterocycles. The van der Waals surface area contributed by atoms with Gasteiger partial charge in [-0.25, -0.2) is 4.98 Å². The number of aromatic amines is 1. The van der Waals surface area contributed by atoms with Crippen molar-refractivity contribution in [3.63, 3.8) is 0 Å². The smallest absolute Gasteiger partial charge is 0.252 e. The molecule has 1 heterocycles. The SMILES string of the molecule is CCCOc1cccc(-c2cc(=O)[nH]c(N)n2)c1. The predicted octanol–water partition coefficient (Wildman–Crippen LogP) is 1.81. The van der Waals surface area contributed by atoms with Crippen molar-refractivity contribution in [2.24, 2.45) is 0 Å². The third kappa shape index (κ3) is 2.88. The van der Waals surface area contributed by atoms with Crippen LogP contribution in [0.2, 0.25) is 0 Å². The minimum atomic E-state index is -0.266. The van der Waals surface area contributed by atoms with E-state index in [1.54, 1.807) is 0 Å². The number of hydrogen-bond acceptors (Lipinski definition) is 4. The molecule has 0 fully saturated rings. The lowest BCUT2D eigenvalue weighted by Gasteiger charge is -2.06. The highest BCUT2D eigenvalue weighted by molar-refractivity contribution is 5.61. The molecule has 0 aliphatic carbocycles. The number of ether oxygens (including phenoxy) is 1. The molecule has 0 saturated carbocycles. The Morgan fingerprint density at radius 1 is 1.39 bits per heavy atom. The van der Waals surface area contributed by atoms with Crippen molar-refractivity contribution in [2.75, 3.05) is 12.3 Å². The van der Waals surface area contributed by atoms with E-state index in [0.717, 1.165) is 17.7 Å². The van der Waals surface area contributed by atoms with Gasteiger partial charge in [-0.05, 0) is 18.6 Å². The summed E-state index contributed by atoms with van der Waals surface area (Å²) in [6.45, 7) is 2.71. The van der Waals surface area contributed by atoms with E-state index in [1.807, 2.05) is 31.2 Å². The van der Waals surface area contributed by atoms with E-state index in [4.69, 9.17) is 10.5 Å². The van der Waals surface area contributed by atoms with Crippen LogP contribution in [0.3, 0.4) is 0 Å².